The van der Waals surface area contributed by atoms with Crippen molar-refractivity contribution in [1.29, 1.82) is 0 Å². The Morgan fingerprint density at radius 2 is 1.59 bits per heavy atom. The molecule has 0 saturated carbocycles. The predicted molar refractivity (Wildman–Crippen MR) is 129 cm³/mol. The van der Waals surface area contributed by atoms with Crippen LogP contribution in [0.2, 0.25) is 0 Å². The van der Waals surface area contributed by atoms with Gasteiger partial charge in [-0.3, -0.25) is 14.4 Å². The summed E-state index contributed by atoms with van der Waals surface area (Å²) in [6.07, 6.45) is 1.47. The van der Waals surface area contributed by atoms with Gasteiger partial charge < -0.3 is 20.5 Å². The number of benzene rings is 3. The van der Waals surface area contributed by atoms with Crippen LogP contribution in [0.25, 0.3) is 6.08 Å². The van der Waals surface area contributed by atoms with E-state index >= 15 is 0 Å². The summed E-state index contributed by atoms with van der Waals surface area (Å²) in [5, 5.41) is 14.3. The molecule has 0 heterocycles. The number of amides is 2. The first-order valence-electron chi connectivity index (χ1n) is 9.93. The third-order valence-corrected chi connectivity index (χ3v) is 4.92. The molecule has 172 valence electrons. The van der Waals surface area contributed by atoms with Crippen molar-refractivity contribution in [2.75, 3.05) is 5.32 Å². The molecule has 34 heavy (non-hydrogen) atoms. The Hall–Kier alpha value is -4.24. The van der Waals surface area contributed by atoms with Gasteiger partial charge in [0.2, 0.25) is 0 Å². The molecule has 3 aromatic rings. The SMILES string of the molecule is CC(=O)Oc1ccc(/C=C(/NC(=O)c2cccc(Br)c2)C(=O)Nc2ccc(C(=O)O)cc2)cc1. The van der Waals surface area contributed by atoms with Crippen LogP contribution in [0, 0.1) is 0 Å². The smallest absolute Gasteiger partial charge is 0.335 e. The molecule has 0 saturated heterocycles. The van der Waals surface area contributed by atoms with Crippen LogP contribution in [0.1, 0.15) is 33.2 Å². The molecule has 0 fully saturated rings. The first-order valence-corrected chi connectivity index (χ1v) is 10.7. The van der Waals surface area contributed by atoms with Gasteiger partial charge in [-0.2, -0.15) is 0 Å². The Morgan fingerprint density at radius 1 is 0.912 bits per heavy atom. The van der Waals surface area contributed by atoms with E-state index in [-0.39, 0.29) is 11.3 Å². The highest BCUT2D eigenvalue weighted by molar-refractivity contribution is 9.10. The molecule has 0 aliphatic carbocycles. The molecule has 0 spiro atoms. The summed E-state index contributed by atoms with van der Waals surface area (Å²) in [7, 11) is 0. The van der Waals surface area contributed by atoms with Crippen LogP contribution >= 0.6 is 15.9 Å². The van der Waals surface area contributed by atoms with Gasteiger partial charge in [0.15, 0.2) is 0 Å². The summed E-state index contributed by atoms with van der Waals surface area (Å²) in [6.45, 7) is 1.29. The van der Waals surface area contributed by atoms with Crippen molar-refractivity contribution in [3.8, 4) is 5.75 Å². The molecule has 0 bridgehead atoms. The van der Waals surface area contributed by atoms with Gasteiger partial charge >= 0.3 is 11.9 Å². The van der Waals surface area contributed by atoms with E-state index in [2.05, 4.69) is 26.6 Å². The number of ether oxygens (including phenoxy) is 1. The molecule has 0 aliphatic rings. The number of hydrogen-bond donors (Lipinski definition) is 3. The lowest BCUT2D eigenvalue weighted by Crippen LogP contribution is -2.30. The predicted octanol–water partition coefficient (Wildman–Crippen LogP) is 4.48. The van der Waals surface area contributed by atoms with E-state index in [4.69, 9.17) is 9.84 Å². The zero-order valence-corrected chi connectivity index (χ0v) is 19.5. The summed E-state index contributed by atoms with van der Waals surface area (Å²) >= 11 is 3.31. The van der Waals surface area contributed by atoms with Gasteiger partial charge in [-0.1, -0.05) is 34.1 Å². The molecular weight excluding hydrogens is 504 g/mol. The maximum atomic E-state index is 13.0. The van der Waals surface area contributed by atoms with Crippen molar-refractivity contribution >= 4 is 51.4 Å². The second-order valence-corrected chi connectivity index (χ2v) is 7.94. The highest BCUT2D eigenvalue weighted by Crippen LogP contribution is 2.17. The van der Waals surface area contributed by atoms with Crippen molar-refractivity contribution in [1.82, 2.24) is 5.32 Å². The zero-order chi connectivity index (χ0) is 24.7. The molecule has 9 heteroatoms. The van der Waals surface area contributed by atoms with Gasteiger partial charge in [-0.15, -0.1) is 0 Å². The molecule has 0 aliphatic heterocycles. The second-order valence-electron chi connectivity index (χ2n) is 7.02. The van der Waals surface area contributed by atoms with Crippen molar-refractivity contribution < 1.29 is 29.0 Å². The van der Waals surface area contributed by atoms with Crippen LogP contribution in [-0.4, -0.2) is 28.9 Å². The van der Waals surface area contributed by atoms with Gasteiger partial charge in [0.05, 0.1) is 5.56 Å². The number of carboxylic acid groups (broad SMARTS) is 1. The number of carbonyl (C=O) groups excluding carboxylic acids is 3. The lowest BCUT2D eigenvalue weighted by atomic mass is 10.1. The summed E-state index contributed by atoms with van der Waals surface area (Å²) in [5.41, 5.74) is 1.28. The van der Waals surface area contributed by atoms with Crippen LogP contribution in [-0.2, 0) is 9.59 Å². The van der Waals surface area contributed by atoms with Gasteiger partial charge in [0.25, 0.3) is 11.8 Å². The number of hydrogen-bond acceptors (Lipinski definition) is 5. The summed E-state index contributed by atoms with van der Waals surface area (Å²) in [6, 6.07) is 18.7. The fourth-order valence-corrected chi connectivity index (χ4v) is 3.24. The van der Waals surface area contributed by atoms with E-state index in [0.29, 0.717) is 27.0 Å². The summed E-state index contributed by atoms with van der Waals surface area (Å²) in [4.78, 5) is 47.9. The topological polar surface area (TPSA) is 122 Å². The Morgan fingerprint density at radius 3 is 2.18 bits per heavy atom. The average Bonchev–Trinajstić information content (AvgIpc) is 2.79. The summed E-state index contributed by atoms with van der Waals surface area (Å²) < 4.78 is 5.71. The molecule has 2 amide bonds. The molecule has 0 unspecified atom stereocenters. The Labute approximate surface area is 203 Å². The Balaban J connectivity index is 1.87. The molecule has 8 nitrogen and oxygen atoms in total. The van der Waals surface area contributed by atoms with Crippen molar-refractivity contribution in [3.63, 3.8) is 0 Å². The number of aromatic carboxylic acids is 1. The quantitative estimate of drug-likeness (QED) is 0.239. The standard InChI is InChI=1S/C25H19BrN2O6/c1-15(29)34-21-11-5-16(6-12-21)13-22(28-23(30)18-3-2-4-19(26)14-18)24(31)27-20-9-7-17(8-10-20)25(32)33/h2-14H,1H3,(H,27,31)(H,28,30)(H,32,33)/b22-13+. The van der Waals surface area contributed by atoms with E-state index in [9.17, 15) is 19.2 Å². The molecule has 0 atom stereocenters. The van der Waals surface area contributed by atoms with E-state index in [0.717, 1.165) is 0 Å². The highest BCUT2D eigenvalue weighted by atomic mass is 79.9. The van der Waals surface area contributed by atoms with Crippen LogP contribution in [0.3, 0.4) is 0 Å². The Kier molecular flexibility index (Phi) is 7.94. The minimum atomic E-state index is -1.09. The minimum absolute atomic E-state index is 0.0486. The van der Waals surface area contributed by atoms with Crippen molar-refractivity contribution in [2.45, 2.75) is 6.92 Å². The number of nitrogens with one attached hydrogen (secondary N) is 2. The van der Waals surface area contributed by atoms with Gasteiger partial charge in [0, 0.05) is 22.6 Å². The van der Waals surface area contributed by atoms with Crippen LogP contribution < -0.4 is 15.4 Å². The molecule has 0 aromatic heterocycles. The van der Waals surface area contributed by atoms with E-state index in [1.54, 1.807) is 48.5 Å². The maximum Gasteiger partial charge on any atom is 0.335 e. The normalized spacial score (nSPS) is 10.8. The number of anilines is 1. The highest BCUT2D eigenvalue weighted by Gasteiger charge is 2.16. The fraction of sp³-hybridized carbons (Fsp3) is 0.0400. The fourth-order valence-electron chi connectivity index (χ4n) is 2.84. The largest absolute Gasteiger partial charge is 0.478 e. The van der Waals surface area contributed by atoms with E-state index in [1.165, 1.54) is 37.3 Å². The summed E-state index contributed by atoms with van der Waals surface area (Å²) in [5.74, 6) is -2.32. The molecule has 3 rings (SSSR count). The Bertz CT molecular complexity index is 1270. The molecule has 3 aromatic carbocycles. The number of halogens is 1. The first-order chi connectivity index (χ1) is 16.2. The van der Waals surface area contributed by atoms with E-state index in [1.807, 2.05) is 0 Å². The lowest BCUT2D eigenvalue weighted by Gasteiger charge is -2.12. The van der Waals surface area contributed by atoms with Crippen LogP contribution in [0.15, 0.2) is 83.0 Å². The van der Waals surface area contributed by atoms with Crippen molar-refractivity contribution in [2.24, 2.45) is 0 Å². The third-order valence-electron chi connectivity index (χ3n) is 4.42. The molecule has 3 N–H and O–H groups in total. The average molecular weight is 523 g/mol. The molecule has 0 radical (unpaired) electrons. The minimum Gasteiger partial charge on any atom is -0.478 e. The van der Waals surface area contributed by atoms with E-state index < -0.39 is 23.8 Å². The lowest BCUT2D eigenvalue weighted by molar-refractivity contribution is -0.131. The van der Waals surface area contributed by atoms with Gasteiger partial charge in [0.1, 0.15) is 11.4 Å². The number of rotatable bonds is 7. The van der Waals surface area contributed by atoms with Gasteiger partial charge in [-0.05, 0) is 66.2 Å². The van der Waals surface area contributed by atoms with Crippen molar-refractivity contribution in [3.05, 3.63) is 99.7 Å². The number of carboxylic acids is 1. The maximum absolute atomic E-state index is 13.0. The molecular formula is C25H19BrN2O6. The monoisotopic (exact) mass is 522 g/mol. The van der Waals surface area contributed by atoms with Crippen LogP contribution in [0.4, 0.5) is 5.69 Å². The van der Waals surface area contributed by atoms with Gasteiger partial charge in [-0.25, -0.2) is 4.79 Å². The zero-order valence-electron chi connectivity index (χ0n) is 17.9. The third kappa shape index (κ3) is 6.88. The number of carbonyl (C=O) groups is 4. The number of esters is 1. The first kappa shape index (κ1) is 24.4. The van der Waals surface area contributed by atoms with Crippen LogP contribution in [0.5, 0.6) is 5.75 Å². The second kappa shape index (κ2) is 11.1.